The van der Waals surface area contributed by atoms with Crippen molar-refractivity contribution in [3.63, 3.8) is 0 Å². The zero-order valence-corrected chi connectivity index (χ0v) is 26.6. The molecule has 1 aliphatic rings. The molecule has 0 amide bonds. The van der Waals surface area contributed by atoms with Crippen LogP contribution in [0.15, 0.2) is 48.6 Å². The highest BCUT2D eigenvalue weighted by Crippen LogP contribution is 2.52. The van der Waals surface area contributed by atoms with Crippen molar-refractivity contribution in [2.45, 2.75) is 65.7 Å². The van der Waals surface area contributed by atoms with E-state index in [4.69, 9.17) is 28.9 Å². The molecule has 0 spiro atoms. The molecule has 10 nitrogen and oxygen atoms in total. The summed E-state index contributed by atoms with van der Waals surface area (Å²) in [6.45, 7) is 12.3. The van der Waals surface area contributed by atoms with Crippen molar-refractivity contribution in [3.05, 3.63) is 70.9 Å². The molecule has 0 saturated heterocycles. The molecule has 1 heterocycles. The summed E-state index contributed by atoms with van der Waals surface area (Å²) in [5.74, 6) is -2.11. The van der Waals surface area contributed by atoms with Gasteiger partial charge in [0.05, 0.1) is 28.3 Å². The predicted molar refractivity (Wildman–Crippen MR) is 167 cm³/mol. The Morgan fingerprint density at radius 2 is 1.33 bits per heavy atom. The minimum absolute atomic E-state index is 0.0229. The quantitative estimate of drug-likeness (QED) is 0.0993. The molecular weight excluding hydrogens is 576 g/mol. The molecule has 1 atom stereocenters. The smallest absolute Gasteiger partial charge is 0.333 e. The predicted octanol–water partition coefficient (Wildman–Crippen LogP) is 5.48. The van der Waals surface area contributed by atoms with Gasteiger partial charge in [0, 0.05) is 29.4 Å². The van der Waals surface area contributed by atoms with Gasteiger partial charge in [0.1, 0.15) is 26.4 Å². The van der Waals surface area contributed by atoms with Gasteiger partial charge >= 0.3 is 23.9 Å². The van der Waals surface area contributed by atoms with Crippen LogP contribution in [0, 0.1) is 19.8 Å². The Morgan fingerprint density at radius 3 is 1.91 bits per heavy atom. The lowest BCUT2D eigenvalue weighted by molar-refractivity contribution is -0.154. The molecule has 4 rings (SSSR count). The van der Waals surface area contributed by atoms with Crippen molar-refractivity contribution in [3.8, 4) is 11.3 Å². The summed E-state index contributed by atoms with van der Waals surface area (Å²) in [6, 6.07) is 11.8. The van der Waals surface area contributed by atoms with Crippen molar-refractivity contribution in [2.75, 3.05) is 26.4 Å². The fraction of sp³-hybridized carbons (Fsp3) is 0.429. The first kappa shape index (κ1) is 33.3. The third-order valence-electron chi connectivity index (χ3n) is 7.93. The van der Waals surface area contributed by atoms with E-state index in [9.17, 15) is 19.2 Å². The van der Waals surface area contributed by atoms with E-state index >= 15 is 0 Å². The van der Waals surface area contributed by atoms with E-state index in [1.165, 1.54) is 6.92 Å². The van der Waals surface area contributed by atoms with Gasteiger partial charge in [0.15, 0.2) is 0 Å². The Morgan fingerprint density at radius 1 is 0.800 bits per heavy atom. The number of carbonyl (C=O) groups is 4. The molecule has 0 fully saturated rings. The third kappa shape index (κ3) is 7.74. The van der Waals surface area contributed by atoms with Crippen LogP contribution in [0.5, 0.6) is 0 Å². The normalized spacial score (nSPS) is 14.9. The van der Waals surface area contributed by atoms with Crippen LogP contribution in [-0.2, 0) is 43.5 Å². The van der Waals surface area contributed by atoms with Gasteiger partial charge in [-0.2, -0.15) is 0 Å². The summed E-state index contributed by atoms with van der Waals surface area (Å²) >= 11 is 0. The zero-order chi connectivity index (χ0) is 32.7. The number of hydrogen-bond donors (Lipinski definition) is 0. The minimum Gasteiger partial charge on any atom is -0.462 e. The van der Waals surface area contributed by atoms with Crippen LogP contribution in [0.1, 0.15) is 68.8 Å². The number of ether oxygens (including phenoxy) is 4. The molecule has 3 aromatic rings. The first-order valence-corrected chi connectivity index (χ1v) is 15.1. The van der Waals surface area contributed by atoms with Crippen LogP contribution in [-0.4, -0.2) is 60.3 Å². The maximum absolute atomic E-state index is 12.9. The fourth-order valence-electron chi connectivity index (χ4n) is 5.35. The Hall–Kier alpha value is -4.60. The maximum atomic E-state index is 12.9. The Labute approximate surface area is 263 Å². The van der Waals surface area contributed by atoms with Gasteiger partial charge in [-0.25, -0.2) is 14.8 Å². The summed E-state index contributed by atoms with van der Waals surface area (Å²) in [4.78, 5) is 59.3. The number of rotatable bonds is 14. The topological polar surface area (TPSA) is 131 Å². The van der Waals surface area contributed by atoms with E-state index in [1.807, 2.05) is 50.2 Å². The number of hydrogen-bond acceptors (Lipinski definition) is 10. The van der Waals surface area contributed by atoms with E-state index in [1.54, 1.807) is 13.8 Å². The lowest BCUT2D eigenvalue weighted by Crippen LogP contribution is -2.29. The van der Waals surface area contributed by atoms with Crippen LogP contribution in [0.4, 0.5) is 0 Å². The second-order valence-corrected chi connectivity index (χ2v) is 11.7. The molecule has 1 unspecified atom stereocenters. The van der Waals surface area contributed by atoms with Crippen LogP contribution >= 0.6 is 0 Å². The average Bonchev–Trinajstić information content (AvgIpc) is 3.27. The molecule has 0 aliphatic heterocycles. The van der Waals surface area contributed by atoms with Gasteiger partial charge in [-0.05, 0) is 62.4 Å². The summed E-state index contributed by atoms with van der Waals surface area (Å²) in [5.41, 5.74) is 6.34. The molecule has 45 heavy (non-hydrogen) atoms. The molecule has 10 heteroatoms. The number of aryl methyl sites for hydroxylation is 2. The number of nitrogens with zero attached hydrogens (tertiary/aromatic N) is 2. The van der Waals surface area contributed by atoms with Gasteiger partial charge in [-0.15, -0.1) is 0 Å². The molecule has 0 bridgehead atoms. The monoisotopic (exact) mass is 616 g/mol. The minimum atomic E-state index is -0.833. The molecule has 238 valence electrons. The number of carbonyl (C=O) groups excluding carboxylic acids is 4. The largest absolute Gasteiger partial charge is 0.462 e. The molecule has 2 aromatic carbocycles. The van der Waals surface area contributed by atoms with Gasteiger partial charge < -0.3 is 18.9 Å². The molecule has 0 saturated carbocycles. The van der Waals surface area contributed by atoms with E-state index < -0.39 is 23.3 Å². The Kier molecular flexibility index (Phi) is 10.7. The lowest BCUT2D eigenvalue weighted by Gasteiger charge is -2.30. The summed E-state index contributed by atoms with van der Waals surface area (Å²) < 4.78 is 20.9. The van der Waals surface area contributed by atoms with Crippen LogP contribution in [0.2, 0.25) is 0 Å². The first-order valence-electron chi connectivity index (χ1n) is 15.1. The number of benzene rings is 2. The highest BCUT2D eigenvalue weighted by molar-refractivity contribution is 5.87. The first-order chi connectivity index (χ1) is 21.4. The fourth-order valence-corrected chi connectivity index (χ4v) is 5.35. The van der Waals surface area contributed by atoms with E-state index in [2.05, 4.69) is 6.58 Å². The van der Waals surface area contributed by atoms with Crippen molar-refractivity contribution in [1.82, 2.24) is 9.97 Å². The Bertz CT molecular complexity index is 1630. The SMILES string of the molecule is C=C(C)C(=O)OCCOC(=O)CCC1(CCC(=O)OCCOC(=O)C(C)C)c2ccccc2-c2nc3cc(C)c(C)cc3nc21. The Balaban J connectivity index is 1.59. The molecule has 1 aliphatic carbocycles. The van der Waals surface area contributed by atoms with Gasteiger partial charge in [-0.1, -0.05) is 44.7 Å². The summed E-state index contributed by atoms with van der Waals surface area (Å²) in [6.07, 6.45) is 0.654. The average molecular weight is 617 g/mol. The van der Waals surface area contributed by atoms with Gasteiger partial charge in [0.2, 0.25) is 0 Å². The van der Waals surface area contributed by atoms with Crippen molar-refractivity contribution < 1.29 is 38.1 Å². The molecule has 0 N–H and O–H groups in total. The second kappa shape index (κ2) is 14.5. The van der Waals surface area contributed by atoms with Crippen LogP contribution in [0.25, 0.3) is 22.3 Å². The van der Waals surface area contributed by atoms with E-state index in [0.717, 1.165) is 39.0 Å². The lowest BCUT2D eigenvalue weighted by atomic mass is 9.73. The third-order valence-corrected chi connectivity index (χ3v) is 7.93. The van der Waals surface area contributed by atoms with Crippen LogP contribution < -0.4 is 0 Å². The van der Waals surface area contributed by atoms with E-state index in [0.29, 0.717) is 18.5 Å². The molecular formula is C35H40N2O8. The molecule has 1 aromatic heterocycles. The molecule has 0 radical (unpaired) electrons. The number of aromatic nitrogens is 2. The van der Waals surface area contributed by atoms with Crippen molar-refractivity contribution >= 4 is 34.9 Å². The van der Waals surface area contributed by atoms with Gasteiger partial charge in [-0.3, -0.25) is 14.4 Å². The van der Waals surface area contributed by atoms with Gasteiger partial charge in [0.25, 0.3) is 0 Å². The summed E-state index contributed by atoms with van der Waals surface area (Å²) in [5, 5.41) is 0. The number of esters is 4. The second-order valence-electron chi connectivity index (χ2n) is 11.7. The highest BCUT2D eigenvalue weighted by Gasteiger charge is 2.46. The standard InChI is InChI=1S/C35H40N2O8/c1-21(2)33(40)44-17-15-42-29(38)11-13-35(14-12-30(39)43-16-18-45-34(41)22(3)4)26-10-8-7-9-25(26)31-32(35)37-28-20-24(6)23(5)19-27(28)36-31/h7-10,19-20,22H,1,11-18H2,2-6H3. The van der Waals surface area contributed by atoms with Crippen molar-refractivity contribution in [2.24, 2.45) is 5.92 Å². The number of fused-ring (bicyclic) bond motifs is 4. The summed E-state index contributed by atoms with van der Waals surface area (Å²) in [7, 11) is 0. The maximum Gasteiger partial charge on any atom is 0.333 e. The highest BCUT2D eigenvalue weighted by atomic mass is 16.6. The van der Waals surface area contributed by atoms with Crippen molar-refractivity contribution in [1.29, 1.82) is 0 Å². The van der Waals surface area contributed by atoms with Crippen LogP contribution in [0.3, 0.4) is 0 Å². The van der Waals surface area contributed by atoms with E-state index in [-0.39, 0.29) is 56.7 Å². The zero-order valence-electron chi connectivity index (χ0n) is 26.6.